The molecular formula is C18H29NO. The highest BCUT2D eigenvalue weighted by Gasteiger charge is 2.35. The van der Waals surface area contributed by atoms with E-state index in [1.807, 2.05) is 0 Å². The first-order valence-electron chi connectivity index (χ1n) is 7.90. The third-order valence-corrected chi connectivity index (χ3v) is 4.90. The molecule has 1 aromatic rings. The van der Waals surface area contributed by atoms with Crippen LogP contribution >= 0.6 is 0 Å². The van der Waals surface area contributed by atoms with Crippen LogP contribution in [-0.2, 0) is 6.42 Å². The van der Waals surface area contributed by atoms with Crippen LogP contribution in [0.1, 0.15) is 49.8 Å². The van der Waals surface area contributed by atoms with Gasteiger partial charge in [-0.1, -0.05) is 30.2 Å². The molecule has 1 fully saturated rings. The van der Waals surface area contributed by atoms with Crippen LogP contribution in [0.4, 0.5) is 0 Å². The second-order valence-corrected chi connectivity index (χ2v) is 6.85. The Hall–Kier alpha value is -0.860. The zero-order valence-corrected chi connectivity index (χ0v) is 13.4. The van der Waals surface area contributed by atoms with E-state index in [4.69, 9.17) is 0 Å². The SMILES string of the molecule is Cc1ccc(C)c(CC(O)C(C)(C)N2CCCCC2)c1. The minimum absolute atomic E-state index is 0.142. The summed E-state index contributed by atoms with van der Waals surface area (Å²) in [5.41, 5.74) is 3.69. The minimum atomic E-state index is -0.318. The third-order valence-electron chi connectivity index (χ3n) is 4.90. The van der Waals surface area contributed by atoms with Gasteiger partial charge >= 0.3 is 0 Å². The van der Waals surface area contributed by atoms with Crippen molar-refractivity contribution in [3.05, 3.63) is 34.9 Å². The lowest BCUT2D eigenvalue weighted by molar-refractivity contribution is -0.0187. The Bertz CT molecular complexity index is 447. The van der Waals surface area contributed by atoms with Gasteiger partial charge in [-0.3, -0.25) is 4.90 Å². The molecule has 0 saturated carbocycles. The standard InChI is InChI=1S/C18H29NO/c1-14-8-9-15(2)16(12-14)13-17(20)18(3,4)19-10-6-5-7-11-19/h8-9,12,17,20H,5-7,10-11,13H2,1-4H3. The molecule has 1 saturated heterocycles. The minimum Gasteiger partial charge on any atom is -0.391 e. The first kappa shape index (κ1) is 15.5. The van der Waals surface area contributed by atoms with E-state index in [-0.39, 0.29) is 11.6 Å². The van der Waals surface area contributed by atoms with Crippen LogP contribution in [0.5, 0.6) is 0 Å². The van der Waals surface area contributed by atoms with Gasteiger partial charge in [0.1, 0.15) is 0 Å². The Morgan fingerprint density at radius 3 is 2.45 bits per heavy atom. The maximum atomic E-state index is 10.8. The van der Waals surface area contributed by atoms with Gasteiger partial charge in [-0.25, -0.2) is 0 Å². The summed E-state index contributed by atoms with van der Waals surface area (Å²) in [6.45, 7) is 10.9. The molecule has 2 heteroatoms. The molecule has 112 valence electrons. The summed E-state index contributed by atoms with van der Waals surface area (Å²) in [6.07, 6.45) is 4.29. The van der Waals surface area contributed by atoms with Crippen LogP contribution in [-0.4, -0.2) is 34.7 Å². The predicted octanol–water partition coefficient (Wildman–Crippen LogP) is 3.47. The second-order valence-electron chi connectivity index (χ2n) is 6.85. The molecule has 1 aromatic carbocycles. The predicted molar refractivity (Wildman–Crippen MR) is 85.1 cm³/mol. The van der Waals surface area contributed by atoms with E-state index in [1.165, 1.54) is 36.0 Å². The normalized spacial score (nSPS) is 19.1. The molecule has 1 aliphatic rings. The Morgan fingerprint density at radius 2 is 1.80 bits per heavy atom. The summed E-state index contributed by atoms with van der Waals surface area (Å²) >= 11 is 0. The summed E-state index contributed by atoms with van der Waals surface area (Å²) < 4.78 is 0. The van der Waals surface area contributed by atoms with Gasteiger partial charge in [-0.15, -0.1) is 0 Å². The van der Waals surface area contributed by atoms with Crippen LogP contribution in [0.3, 0.4) is 0 Å². The first-order valence-corrected chi connectivity index (χ1v) is 7.90. The van der Waals surface area contributed by atoms with Crippen molar-refractivity contribution in [2.75, 3.05) is 13.1 Å². The van der Waals surface area contributed by atoms with E-state index < -0.39 is 0 Å². The molecule has 1 N–H and O–H groups in total. The van der Waals surface area contributed by atoms with Crippen molar-refractivity contribution in [1.29, 1.82) is 0 Å². The lowest BCUT2D eigenvalue weighted by Crippen LogP contribution is -2.54. The third kappa shape index (κ3) is 3.42. The monoisotopic (exact) mass is 275 g/mol. The molecular weight excluding hydrogens is 246 g/mol. The van der Waals surface area contributed by atoms with Gasteiger partial charge < -0.3 is 5.11 Å². The van der Waals surface area contributed by atoms with E-state index in [2.05, 4.69) is 50.8 Å². The molecule has 1 aliphatic heterocycles. The van der Waals surface area contributed by atoms with Gasteiger partial charge in [0.05, 0.1) is 6.10 Å². The fourth-order valence-corrected chi connectivity index (χ4v) is 3.16. The summed E-state index contributed by atoms with van der Waals surface area (Å²) in [7, 11) is 0. The quantitative estimate of drug-likeness (QED) is 0.909. The molecule has 0 radical (unpaired) electrons. The van der Waals surface area contributed by atoms with Gasteiger partial charge in [-0.2, -0.15) is 0 Å². The molecule has 0 aliphatic carbocycles. The van der Waals surface area contributed by atoms with Crippen molar-refractivity contribution >= 4 is 0 Å². The van der Waals surface area contributed by atoms with Crippen molar-refractivity contribution in [2.45, 2.75) is 65.0 Å². The lowest BCUT2D eigenvalue weighted by atomic mass is 9.87. The van der Waals surface area contributed by atoms with E-state index in [1.54, 1.807) is 0 Å². The first-order chi connectivity index (χ1) is 9.41. The molecule has 1 heterocycles. The Morgan fingerprint density at radius 1 is 1.15 bits per heavy atom. The fourth-order valence-electron chi connectivity index (χ4n) is 3.16. The van der Waals surface area contributed by atoms with Crippen molar-refractivity contribution in [3.63, 3.8) is 0 Å². The molecule has 1 atom stereocenters. The Balaban J connectivity index is 2.09. The van der Waals surface area contributed by atoms with E-state index >= 15 is 0 Å². The molecule has 0 aromatic heterocycles. The Kier molecular flexibility index (Phi) is 4.87. The highest BCUT2D eigenvalue weighted by atomic mass is 16.3. The largest absolute Gasteiger partial charge is 0.391 e. The summed E-state index contributed by atoms with van der Waals surface area (Å²) in [5, 5.41) is 10.8. The van der Waals surface area contributed by atoms with Gasteiger partial charge in [0.25, 0.3) is 0 Å². The average Bonchev–Trinajstić information content (AvgIpc) is 2.43. The number of aliphatic hydroxyl groups excluding tert-OH is 1. The topological polar surface area (TPSA) is 23.5 Å². The summed E-state index contributed by atoms with van der Waals surface area (Å²) in [4.78, 5) is 2.46. The number of piperidine rings is 1. The van der Waals surface area contributed by atoms with Crippen molar-refractivity contribution in [1.82, 2.24) is 4.90 Å². The number of hydrogen-bond donors (Lipinski definition) is 1. The second kappa shape index (κ2) is 6.28. The number of aryl methyl sites for hydroxylation is 2. The fraction of sp³-hybridized carbons (Fsp3) is 0.667. The van der Waals surface area contributed by atoms with Crippen molar-refractivity contribution in [3.8, 4) is 0 Å². The molecule has 1 unspecified atom stereocenters. The van der Waals surface area contributed by atoms with Crippen molar-refractivity contribution in [2.24, 2.45) is 0 Å². The number of likely N-dealkylation sites (tertiary alicyclic amines) is 1. The van der Waals surface area contributed by atoms with Crippen molar-refractivity contribution < 1.29 is 5.11 Å². The van der Waals surface area contributed by atoms with Gasteiger partial charge in [-0.05, 0) is 64.8 Å². The smallest absolute Gasteiger partial charge is 0.0758 e. The molecule has 20 heavy (non-hydrogen) atoms. The molecule has 2 rings (SSSR count). The molecule has 0 bridgehead atoms. The maximum Gasteiger partial charge on any atom is 0.0758 e. The van der Waals surface area contributed by atoms with E-state index in [9.17, 15) is 5.11 Å². The van der Waals surface area contributed by atoms with E-state index in [0.29, 0.717) is 0 Å². The van der Waals surface area contributed by atoms with Crippen LogP contribution in [0.15, 0.2) is 18.2 Å². The number of benzene rings is 1. The number of rotatable bonds is 4. The number of aliphatic hydroxyl groups is 1. The average molecular weight is 275 g/mol. The molecule has 0 spiro atoms. The summed E-state index contributed by atoms with van der Waals surface area (Å²) in [6, 6.07) is 6.51. The van der Waals surface area contributed by atoms with Crippen LogP contribution < -0.4 is 0 Å². The van der Waals surface area contributed by atoms with Gasteiger partial charge in [0, 0.05) is 12.0 Å². The van der Waals surface area contributed by atoms with Gasteiger partial charge in [0.15, 0.2) is 0 Å². The van der Waals surface area contributed by atoms with Gasteiger partial charge in [0.2, 0.25) is 0 Å². The Labute approximate surface area is 123 Å². The molecule has 2 nitrogen and oxygen atoms in total. The lowest BCUT2D eigenvalue weighted by Gasteiger charge is -2.44. The number of hydrogen-bond acceptors (Lipinski definition) is 2. The number of nitrogens with zero attached hydrogens (tertiary/aromatic N) is 1. The van der Waals surface area contributed by atoms with Crippen LogP contribution in [0, 0.1) is 13.8 Å². The maximum absolute atomic E-state index is 10.8. The van der Waals surface area contributed by atoms with Crippen LogP contribution in [0.25, 0.3) is 0 Å². The summed E-state index contributed by atoms with van der Waals surface area (Å²) in [5.74, 6) is 0. The zero-order chi connectivity index (χ0) is 14.8. The molecule has 0 amide bonds. The highest BCUT2D eigenvalue weighted by Crippen LogP contribution is 2.26. The van der Waals surface area contributed by atoms with Crippen LogP contribution in [0.2, 0.25) is 0 Å². The zero-order valence-electron chi connectivity index (χ0n) is 13.4. The van der Waals surface area contributed by atoms with E-state index in [0.717, 1.165) is 19.5 Å². The highest BCUT2D eigenvalue weighted by molar-refractivity contribution is 5.31.